The summed E-state index contributed by atoms with van der Waals surface area (Å²) in [5, 5.41) is 19.0. The molecule has 1 unspecified atom stereocenters. The van der Waals surface area contributed by atoms with Gasteiger partial charge in [-0.2, -0.15) is 5.26 Å². The van der Waals surface area contributed by atoms with Crippen LogP contribution in [0.1, 0.15) is 51.7 Å². The molecule has 24 heavy (non-hydrogen) atoms. The molecule has 0 bridgehead atoms. The Balaban J connectivity index is 3.13. The third kappa shape index (κ3) is 5.86. The van der Waals surface area contributed by atoms with Crippen molar-refractivity contribution >= 4 is 5.57 Å². The molecule has 0 aliphatic heterocycles. The maximum Gasteiger partial charge on any atom is 0.0771 e. The molecule has 1 rings (SSSR count). The first kappa shape index (κ1) is 20.0. The van der Waals surface area contributed by atoms with E-state index in [1.165, 1.54) is 16.7 Å². The number of aliphatic hydroxyl groups is 1. The highest BCUT2D eigenvalue weighted by Gasteiger charge is 2.29. The van der Waals surface area contributed by atoms with Crippen LogP contribution in [-0.4, -0.2) is 23.2 Å². The van der Waals surface area contributed by atoms with Crippen LogP contribution in [0, 0.1) is 23.7 Å². The highest BCUT2D eigenvalue weighted by Crippen LogP contribution is 2.28. The second-order valence-corrected chi connectivity index (χ2v) is 6.78. The molecule has 1 atom stereocenters. The fourth-order valence-corrected chi connectivity index (χ4v) is 2.70. The lowest BCUT2D eigenvalue weighted by molar-refractivity contribution is 0.195. The molecule has 0 aliphatic carbocycles. The Morgan fingerprint density at radius 1 is 1.21 bits per heavy atom. The van der Waals surface area contributed by atoms with Crippen LogP contribution >= 0.6 is 0 Å². The third-order valence-corrected chi connectivity index (χ3v) is 4.28. The number of aryl methyl sites for hydroxylation is 1. The van der Waals surface area contributed by atoms with Gasteiger partial charge in [0.25, 0.3) is 0 Å². The van der Waals surface area contributed by atoms with Gasteiger partial charge < -0.3 is 10.0 Å². The number of nitrogens with zero attached hydrogens (tertiary/aromatic N) is 2. The standard InChI is InChI=1S/C21H30N2O/c1-6-21(15-22,11-12-24)16-23(13-17(2)3)14-19(5)20-9-7-18(4)8-10-20/h7-10,13-14,24H,6,11-12,16H2,1-5H3/b19-14+. The lowest BCUT2D eigenvalue weighted by atomic mass is 9.83. The summed E-state index contributed by atoms with van der Waals surface area (Å²) in [6.07, 6.45) is 5.37. The smallest absolute Gasteiger partial charge is 0.0771 e. The Morgan fingerprint density at radius 2 is 1.83 bits per heavy atom. The summed E-state index contributed by atoms with van der Waals surface area (Å²) in [7, 11) is 0. The zero-order valence-electron chi connectivity index (χ0n) is 15.6. The number of hydrogen-bond acceptors (Lipinski definition) is 3. The Labute approximate surface area is 146 Å². The van der Waals surface area contributed by atoms with Gasteiger partial charge in [0.05, 0.1) is 11.5 Å². The fourth-order valence-electron chi connectivity index (χ4n) is 2.70. The molecule has 0 heterocycles. The van der Waals surface area contributed by atoms with Gasteiger partial charge in [-0.25, -0.2) is 0 Å². The molecule has 130 valence electrons. The van der Waals surface area contributed by atoms with Crippen molar-refractivity contribution in [1.29, 1.82) is 5.26 Å². The van der Waals surface area contributed by atoms with Crippen LogP contribution in [-0.2, 0) is 0 Å². The normalized spacial score (nSPS) is 13.8. The number of aliphatic hydroxyl groups excluding tert-OH is 1. The van der Waals surface area contributed by atoms with Gasteiger partial charge in [-0.3, -0.25) is 0 Å². The monoisotopic (exact) mass is 326 g/mol. The first-order valence-corrected chi connectivity index (χ1v) is 8.54. The van der Waals surface area contributed by atoms with E-state index in [0.717, 1.165) is 5.57 Å². The molecule has 0 aromatic heterocycles. The molecular weight excluding hydrogens is 296 g/mol. The van der Waals surface area contributed by atoms with Gasteiger partial charge >= 0.3 is 0 Å². The first-order valence-electron chi connectivity index (χ1n) is 8.54. The Hall–Kier alpha value is -2.05. The van der Waals surface area contributed by atoms with Crippen LogP contribution in [0.3, 0.4) is 0 Å². The lowest BCUT2D eigenvalue weighted by Gasteiger charge is -2.30. The number of rotatable bonds is 8. The molecule has 0 aliphatic rings. The van der Waals surface area contributed by atoms with Crippen molar-refractivity contribution in [1.82, 2.24) is 4.90 Å². The number of nitriles is 1. The van der Waals surface area contributed by atoms with Gasteiger partial charge in [-0.15, -0.1) is 0 Å². The molecule has 0 spiro atoms. The van der Waals surface area contributed by atoms with E-state index >= 15 is 0 Å². The van der Waals surface area contributed by atoms with Crippen molar-refractivity contribution in [3.63, 3.8) is 0 Å². The second kappa shape index (κ2) is 9.30. The molecule has 3 heteroatoms. The van der Waals surface area contributed by atoms with E-state index in [-0.39, 0.29) is 6.61 Å². The predicted molar refractivity (Wildman–Crippen MR) is 101 cm³/mol. The quantitative estimate of drug-likeness (QED) is 0.740. The molecule has 0 saturated carbocycles. The van der Waals surface area contributed by atoms with Crippen molar-refractivity contribution in [2.75, 3.05) is 13.2 Å². The lowest BCUT2D eigenvalue weighted by Crippen LogP contribution is -2.32. The van der Waals surface area contributed by atoms with Crippen LogP contribution in [0.5, 0.6) is 0 Å². The SMILES string of the molecule is CCC(C#N)(CCO)CN(C=C(C)C)/C=C(\C)c1ccc(C)cc1. The van der Waals surface area contributed by atoms with E-state index in [0.29, 0.717) is 19.4 Å². The Morgan fingerprint density at radius 3 is 2.29 bits per heavy atom. The number of hydrogen-bond donors (Lipinski definition) is 1. The molecule has 1 aromatic carbocycles. The van der Waals surface area contributed by atoms with Gasteiger partial charge in [0, 0.05) is 25.6 Å². The highest BCUT2D eigenvalue weighted by molar-refractivity contribution is 5.63. The maximum atomic E-state index is 9.64. The first-order chi connectivity index (χ1) is 11.4. The van der Waals surface area contributed by atoms with Crippen LogP contribution < -0.4 is 0 Å². The van der Waals surface area contributed by atoms with Crippen molar-refractivity contribution in [3.8, 4) is 6.07 Å². The van der Waals surface area contributed by atoms with E-state index in [9.17, 15) is 10.4 Å². The molecule has 1 aromatic rings. The molecule has 0 saturated heterocycles. The van der Waals surface area contributed by atoms with Crippen LogP contribution in [0.2, 0.25) is 0 Å². The van der Waals surface area contributed by atoms with Crippen molar-refractivity contribution < 1.29 is 5.11 Å². The maximum absolute atomic E-state index is 9.64. The van der Waals surface area contributed by atoms with Gasteiger partial charge in [-0.1, -0.05) is 42.3 Å². The summed E-state index contributed by atoms with van der Waals surface area (Å²) in [6, 6.07) is 10.9. The van der Waals surface area contributed by atoms with Gasteiger partial charge in [0.2, 0.25) is 0 Å². The number of allylic oxidation sites excluding steroid dienone is 2. The van der Waals surface area contributed by atoms with Gasteiger partial charge in [-0.05, 0) is 51.7 Å². The Bertz CT molecular complexity index is 618. The summed E-state index contributed by atoms with van der Waals surface area (Å²) in [6.45, 7) is 10.9. The zero-order chi connectivity index (χ0) is 18.2. The second-order valence-electron chi connectivity index (χ2n) is 6.78. The highest BCUT2D eigenvalue weighted by atomic mass is 16.3. The van der Waals surface area contributed by atoms with Crippen LogP contribution in [0.25, 0.3) is 5.57 Å². The van der Waals surface area contributed by atoms with E-state index in [1.807, 2.05) is 20.8 Å². The van der Waals surface area contributed by atoms with E-state index < -0.39 is 5.41 Å². The predicted octanol–water partition coefficient (Wildman–Crippen LogP) is 4.88. The molecule has 0 amide bonds. The van der Waals surface area contributed by atoms with Crippen molar-refractivity contribution in [3.05, 3.63) is 53.4 Å². The summed E-state index contributed by atoms with van der Waals surface area (Å²) >= 11 is 0. The average Bonchev–Trinajstić information content (AvgIpc) is 2.54. The average molecular weight is 326 g/mol. The molecule has 0 fully saturated rings. The van der Waals surface area contributed by atoms with Gasteiger partial charge in [0.15, 0.2) is 0 Å². The molecule has 1 N–H and O–H groups in total. The topological polar surface area (TPSA) is 47.3 Å². The van der Waals surface area contributed by atoms with Crippen LogP contribution in [0.15, 0.2) is 42.2 Å². The van der Waals surface area contributed by atoms with E-state index in [4.69, 9.17) is 0 Å². The number of benzene rings is 1. The molecule has 3 nitrogen and oxygen atoms in total. The molecular formula is C21H30N2O. The van der Waals surface area contributed by atoms with Crippen molar-refractivity contribution in [2.24, 2.45) is 5.41 Å². The Kier molecular flexibility index (Phi) is 7.74. The summed E-state index contributed by atoms with van der Waals surface area (Å²) < 4.78 is 0. The third-order valence-electron chi connectivity index (χ3n) is 4.28. The largest absolute Gasteiger partial charge is 0.396 e. The minimum absolute atomic E-state index is 0.0325. The van der Waals surface area contributed by atoms with Crippen LogP contribution in [0.4, 0.5) is 0 Å². The van der Waals surface area contributed by atoms with E-state index in [1.54, 1.807) is 0 Å². The fraction of sp³-hybridized carbons (Fsp3) is 0.476. The van der Waals surface area contributed by atoms with Crippen molar-refractivity contribution in [2.45, 2.75) is 47.5 Å². The minimum Gasteiger partial charge on any atom is -0.396 e. The molecule has 0 radical (unpaired) electrons. The minimum atomic E-state index is -0.537. The summed E-state index contributed by atoms with van der Waals surface area (Å²) in [5.41, 5.74) is 4.21. The summed E-state index contributed by atoms with van der Waals surface area (Å²) in [4.78, 5) is 2.09. The zero-order valence-corrected chi connectivity index (χ0v) is 15.6. The van der Waals surface area contributed by atoms with Gasteiger partial charge in [0.1, 0.15) is 0 Å². The van der Waals surface area contributed by atoms with E-state index in [2.05, 4.69) is 61.5 Å². The summed E-state index contributed by atoms with van der Waals surface area (Å²) in [5.74, 6) is 0.